The molecule has 0 spiro atoms. The Hall–Kier alpha value is -0.620. The number of aliphatic hydroxyl groups is 1. The van der Waals surface area contributed by atoms with Gasteiger partial charge in [0.2, 0.25) is 0 Å². The number of morpholine rings is 1. The molecule has 0 unspecified atom stereocenters. The molecule has 1 aromatic carbocycles. The molecular weight excluding hydrogens is 310 g/mol. The van der Waals surface area contributed by atoms with Gasteiger partial charge in [-0.1, -0.05) is 12.1 Å². The summed E-state index contributed by atoms with van der Waals surface area (Å²) in [6, 6.07) is 8.20. The van der Waals surface area contributed by atoms with Gasteiger partial charge in [0.1, 0.15) is 12.4 Å². The van der Waals surface area contributed by atoms with E-state index < -0.39 is 0 Å². The summed E-state index contributed by atoms with van der Waals surface area (Å²) in [6.07, 6.45) is -0.0698. The van der Waals surface area contributed by atoms with E-state index in [1.165, 1.54) is 0 Å². The molecule has 2 rings (SSSR count). The van der Waals surface area contributed by atoms with Gasteiger partial charge in [0.05, 0.1) is 23.8 Å². The number of para-hydroxylation sites is 1. The van der Waals surface area contributed by atoms with Crippen molar-refractivity contribution in [1.82, 2.24) is 4.90 Å². The largest absolute Gasteiger partial charge is 0.491 e. The molecule has 19 heavy (non-hydrogen) atoms. The summed E-state index contributed by atoms with van der Waals surface area (Å²) in [5.41, 5.74) is 0. The Morgan fingerprint density at radius 1 is 1.47 bits per heavy atom. The highest BCUT2D eigenvalue weighted by atomic mass is 79.9. The van der Waals surface area contributed by atoms with Crippen LogP contribution in [0, 0.1) is 0 Å². The van der Waals surface area contributed by atoms with E-state index >= 15 is 0 Å². The van der Waals surface area contributed by atoms with Crippen molar-refractivity contribution >= 4 is 15.9 Å². The van der Waals surface area contributed by atoms with Crippen molar-refractivity contribution in [3.05, 3.63) is 28.7 Å². The second-order valence-electron chi connectivity index (χ2n) is 4.76. The van der Waals surface area contributed by atoms with Crippen LogP contribution < -0.4 is 4.74 Å². The van der Waals surface area contributed by atoms with Gasteiger partial charge in [-0.05, 0) is 35.0 Å². The van der Waals surface area contributed by atoms with Gasteiger partial charge in [-0.15, -0.1) is 0 Å². The maximum absolute atomic E-state index is 9.15. The van der Waals surface area contributed by atoms with E-state index in [4.69, 9.17) is 14.6 Å². The molecular formula is C14H20BrNO3. The molecule has 1 fully saturated rings. The van der Waals surface area contributed by atoms with Gasteiger partial charge in [0.25, 0.3) is 0 Å². The van der Waals surface area contributed by atoms with Crippen molar-refractivity contribution in [2.24, 2.45) is 0 Å². The van der Waals surface area contributed by atoms with Crippen molar-refractivity contribution in [2.45, 2.75) is 19.1 Å². The van der Waals surface area contributed by atoms with Gasteiger partial charge in [0, 0.05) is 19.1 Å². The summed E-state index contributed by atoms with van der Waals surface area (Å²) in [5.74, 6) is 0.863. The zero-order valence-corrected chi connectivity index (χ0v) is 12.7. The molecule has 106 valence electrons. The van der Waals surface area contributed by atoms with Crippen LogP contribution in [0.25, 0.3) is 0 Å². The number of nitrogens with zero attached hydrogens (tertiary/aromatic N) is 1. The lowest BCUT2D eigenvalue weighted by molar-refractivity contribution is -0.0798. The van der Waals surface area contributed by atoms with E-state index in [0.29, 0.717) is 19.3 Å². The normalized spacial score (nSPS) is 24.4. The number of hydrogen-bond acceptors (Lipinski definition) is 4. The Morgan fingerprint density at radius 2 is 2.26 bits per heavy atom. The Bertz CT molecular complexity index is 402. The Labute approximate surface area is 122 Å². The number of halogens is 1. The third-order valence-electron chi connectivity index (χ3n) is 3.31. The van der Waals surface area contributed by atoms with E-state index in [-0.39, 0.29) is 12.7 Å². The van der Waals surface area contributed by atoms with E-state index in [9.17, 15) is 0 Å². The van der Waals surface area contributed by atoms with E-state index in [1.54, 1.807) is 0 Å². The van der Waals surface area contributed by atoms with Crippen LogP contribution in [0.1, 0.15) is 6.92 Å². The molecule has 5 heteroatoms. The lowest BCUT2D eigenvalue weighted by atomic mass is 10.2. The summed E-state index contributed by atoms with van der Waals surface area (Å²) in [7, 11) is 0. The molecule has 0 radical (unpaired) electrons. The standard InChI is InChI=1S/C14H20BrNO3/c1-11-10-19-12(9-17)8-16(11)6-7-18-14-5-3-2-4-13(14)15/h2-5,11-12,17H,6-10H2,1H3/t11-,12+/m0/s1. The molecule has 1 saturated heterocycles. The average Bonchev–Trinajstić information content (AvgIpc) is 2.43. The number of rotatable bonds is 5. The van der Waals surface area contributed by atoms with Crippen LogP contribution in [0.2, 0.25) is 0 Å². The van der Waals surface area contributed by atoms with Crippen molar-refractivity contribution in [1.29, 1.82) is 0 Å². The first-order valence-corrected chi connectivity index (χ1v) is 7.34. The van der Waals surface area contributed by atoms with Crippen LogP contribution in [0.3, 0.4) is 0 Å². The first-order valence-electron chi connectivity index (χ1n) is 6.54. The molecule has 1 aromatic rings. The third kappa shape index (κ3) is 4.18. The highest BCUT2D eigenvalue weighted by molar-refractivity contribution is 9.10. The van der Waals surface area contributed by atoms with Gasteiger partial charge >= 0.3 is 0 Å². The first-order chi connectivity index (χ1) is 9.20. The number of aliphatic hydroxyl groups excluding tert-OH is 1. The predicted molar refractivity (Wildman–Crippen MR) is 77.5 cm³/mol. The maximum Gasteiger partial charge on any atom is 0.133 e. The van der Waals surface area contributed by atoms with Crippen LogP contribution in [0.4, 0.5) is 0 Å². The molecule has 1 N–H and O–H groups in total. The summed E-state index contributed by atoms with van der Waals surface area (Å²) in [5, 5.41) is 9.15. The van der Waals surface area contributed by atoms with Gasteiger partial charge < -0.3 is 14.6 Å². The predicted octanol–water partition coefficient (Wildman–Crippen LogP) is 1.91. The van der Waals surface area contributed by atoms with Gasteiger partial charge in [-0.3, -0.25) is 4.90 Å². The second kappa shape index (κ2) is 7.24. The Kier molecular flexibility index (Phi) is 5.63. The molecule has 4 nitrogen and oxygen atoms in total. The monoisotopic (exact) mass is 329 g/mol. The third-order valence-corrected chi connectivity index (χ3v) is 3.97. The van der Waals surface area contributed by atoms with E-state index in [2.05, 4.69) is 27.8 Å². The van der Waals surface area contributed by atoms with Crippen molar-refractivity contribution < 1.29 is 14.6 Å². The van der Waals surface area contributed by atoms with Crippen LogP contribution >= 0.6 is 15.9 Å². The molecule has 1 aliphatic heterocycles. The fourth-order valence-corrected chi connectivity index (χ4v) is 2.53. The van der Waals surface area contributed by atoms with Crippen LogP contribution in [-0.2, 0) is 4.74 Å². The van der Waals surface area contributed by atoms with Gasteiger partial charge in [0.15, 0.2) is 0 Å². The van der Waals surface area contributed by atoms with E-state index in [0.717, 1.165) is 23.3 Å². The first kappa shape index (κ1) is 14.8. The highest BCUT2D eigenvalue weighted by Gasteiger charge is 2.25. The highest BCUT2D eigenvalue weighted by Crippen LogP contribution is 2.23. The molecule has 0 aliphatic carbocycles. The smallest absolute Gasteiger partial charge is 0.133 e. The molecule has 2 atom stereocenters. The molecule has 0 amide bonds. The van der Waals surface area contributed by atoms with Crippen LogP contribution in [0.15, 0.2) is 28.7 Å². The summed E-state index contributed by atoms with van der Waals surface area (Å²) in [6.45, 7) is 5.10. The van der Waals surface area contributed by atoms with Gasteiger partial charge in [-0.25, -0.2) is 0 Å². The minimum Gasteiger partial charge on any atom is -0.491 e. The second-order valence-corrected chi connectivity index (χ2v) is 5.62. The molecule has 1 aliphatic rings. The lowest BCUT2D eigenvalue weighted by Crippen LogP contribution is -2.50. The zero-order valence-electron chi connectivity index (χ0n) is 11.1. The van der Waals surface area contributed by atoms with Crippen molar-refractivity contribution in [3.8, 4) is 5.75 Å². The average molecular weight is 330 g/mol. The lowest BCUT2D eigenvalue weighted by Gasteiger charge is -2.37. The van der Waals surface area contributed by atoms with Crippen molar-refractivity contribution in [2.75, 3.05) is 32.9 Å². The number of hydrogen-bond donors (Lipinski definition) is 1. The Morgan fingerprint density at radius 3 is 3.00 bits per heavy atom. The Balaban J connectivity index is 1.80. The topological polar surface area (TPSA) is 41.9 Å². The SMILES string of the molecule is C[C@H]1CO[C@@H](CO)CN1CCOc1ccccc1Br. The minimum absolute atomic E-state index is 0.0698. The zero-order chi connectivity index (χ0) is 13.7. The summed E-state index contributed by atoms with van der Waals surface area (Å²) >= 11 is 3.46. The van der Waals surface area contributed by atoms with Gasteiger partial charge in [-0.2, -0.15) is 0 Å². The quantitative estimate of drug-likeness (QED) is 0.896. The molecule has 0 saturated carbocycles. The summed E-state index contributed by atoms with van der Waals surface area (Å²) < 4.78 is 12.2. The maximum atomic E-state index is 9.15. The van der Waals surface area contributed by atoms with Crippen LogP contribution in [-0.4, -0.2) is 55.1 Å². The molecule has 1 heterocycles. The fraction of sp³-hybridized carbons (Fsp3) is 0.571. The molecule has 0 bridgehead atoms. The minimum atomic E-state index is -0.0698. The number of benzene rings is 1. The van der Waals surface area contributed by atoms with Crippen molar-refractivity contribution in [3.63, 3.8) is 0 Å². The molecule has 0 aromatic heterocycles. The number of ether oxygens (including phenoxy) is 2. The fourth-order valence-electron chi connectivity index (χ4n) is 2.13. The summed E-state index contributed by atoms with van der Waals surface area (Å²) in [4.78, 5) is 2.29. The van der Waals surface area contributed by atoms with Crippen LogP contribution in [0.5, 0.6) is 5.75 Å². The van der Waals surface area contributed by atoms with E-state index in [1.807, 2.05) is 24.3 Å².